The Hall–Kier alpha value is -3.41. The van der Waals surface area contributed by atoms with E-state index in [-0.39, 0.29) is 12.3 Å². The third-order valence-corrected chi connectivity index (χ3v) is 5.36. The number of hydrazone groups is 1. The van der Waals surface area contributed by atoms with E-state index in [1.165, 1.54) is 0 Å². The Kier molecular flexibility index (Phi) is 4.83. The molecular weight excluding hydrogens is 380 g/mol. The highest BCUT2D eigenvalue weighted by molar-refractivity contribution is 5.99. The highest BCUT2D eigenvalue weighted by atomic mass is 16.5. The monoisotopic (exact) mass is 404 g/mol. The van der Waals surface area contributed by atoms with Crippen molar-refractivity contribution in [2.45, 2.75) is 32.5 Å². The largest absolute Gasteiger partial charge is 0.494 e. The number of hydrogen-bond acceptors (Lipinski definition) is 6. The zero-order chi connectivity index (χ0) is 20.5. The van der Waals surface area contributed by atoms with Crippen LogP contribution in [0.4, 0.5) is 0 Å². The lowest BCUT2D eigenvalue weighted by atomic mass is 9.97. The number of para-hydroxylation sites is 1. The average molecular weight is 404 g/mol. The first-order valence-electron chi connectivity index (χ1n) is 10.3. The van der Waals surface area contributed by atoms with Gasteiger partial charge in [-0.25, -0.2) is 5.01 Å². The fraction of sp³-hybridized carbons (Fsp3) is 0.292. The molecule has 6 nitrogen and oxygen atoms in total. The lowest BCUT2D eigenvalue weighted by molar-refractivity contribution is -0.0212. The van der Waals surface area contributed by atoms with Crippen LogP contribution in [0.3, 0.4) is 0 Å². The molecule has 0 radical (unpaired) electrons. The van der Waals surface area contributed by atoms with E-state index in [1.54, 1.807) is 6.26 Å². The summed E-state index contributed by atoms with van der Waals surface area (Å²) in [5, 5.41) is 6.94. The van der Waals surface area contributed by atoms with Gasteiger partial charge in [-0.3, -0.25) is 0 Å². The number of hydrogen-bond donors (Lipinski definition) is 0. The van der Waals surface area contributed by atoms with Crippen molar-refractivity contribution in [1.82, 2.24) is 5.01 Å². The van der Waals surface area contributed by atoms with Crippen molar-refractivity contribution in [2.24, 2.45) is 5.10 Å². The van der Waals surface area contributed by atoms with Crippen LogP contribution in [0.25, 0.3) is 0 Å². The van der Waals surface area contributed by atoms with Gasteiger partial charge in [0.25, 0.3) is 0 Å². The molecule has 30 heavy (non-hydrogen) atoms. The zero-order valence-electron chi connectivity index (χ0n) is 17.1. The third-order valence-electron chi connectivity index (χ3n) is 5.36. The molecule has 2 aromatic carbocycles. The predicted octanol–water partition coefficient (Wildman–Crippen LogP) is 5.32. The fourth-order valence-electron chi connectivity index (χ4n) is 4.06. The Morgan fingerprint density at radius 2 is 1.83 bits per heavy atom. The molecule has 0 saturated heterocycles. The summed E-state index contributed by atoms with van der Waals surface area (Å²) in [6.45, 7) is 5.17. The highest BCUT2D eigenvalue weighted by Crippen LogP contribution is 2.50. The molecule has 6 heteroatoms. The SMILES string of the molecule is CCOc1ccc([C@@H]2Oc3c(OCC)cccc3[C@H]3CC(c4ccco4)=NN32)cc1. The molecule has 3 heterocycles. The standard InChI is InChI=1S/C24H24N2O4/c1-3-27-17-12-10-16(11-13-17)24-26-20(15-19(25-26)21-9-6-14-29-21)18-7-5-8-22(28-4-2)23(18)30-24/h5-14,20,24H,3-4,15H2,1-2H3/t20-,24+/m1/s1. The van der Waals surface area contributed by atoms with Crippen molar-refractivity contribution in [3.63, 3.8) is 0 Å². The summed E-state index contributed by atoms with van der Waals surface area (Å²) in [6, 6.07) is 17.9. The normalized spacial score (nSPS) is 19.5. The van der Waals surface area contributed by atoms with Crippen molar-refractivity contribution >= 4 is 5.71 Å². The van der Waals surface area contributed by atoms with E-state index in [0.717, 1.165) is 46.3 Å². The molecule has 5 rings (SSSR count). The van der Waals surface area contributed by atoms with E-state index >= 15 is 0 Å². The van der Waals surface area contributed by atoms with Gasteiger partial charge in [0.05, 0.1) is 25.5 Å². The van der Waals surface area contributed by atoms with Gasteiger partial charge in [0.1, 0.15) is 17.2 Å². The molecule has 0 N–H and O–H groups in total. The van der Waals surface area contributed by atoms with Crippen LogP contribution in [-0.4, -0.2) is 23.9 Å². The first-order valence-corrected chi connectivity index (χ1v) is 10.3. The van der Waals surface area contributed by atoms with Crippen molar-refractivity contribution in [3.8, 4) is 17.2 Å². The molecule has 0 amide bonds. The first-order chi connectivity index (χ1) is 14.8. The van der Waals surface area contributed by atoms with Crippen molar-refractivity contribution in [2.75, 3.05) is 13.2 Å². The van der Waals surface area contributed by atoms with Gasteiger partial charge in [0.15, 0.2) is 11.5 Å². The van der Waals surface area contributed by atoms with E-state index in [9.17, 15) is 0 Å². The van der Waals surface area contributed by atoms with E-state index < -0.39 is 0 Å². The molecule has 0 fully saturated rings. The molecule has 3 aromatic rings. The summed E-state index contributed by atoms with van der Waals surface area (Å²) in [5.74, 6) is 3.18. The second-order valence-corrected chi connectivity index (χ2v) is 7.20. The van der Waals surface area contributed by atoms with Crippen molar-refractivity contribution < 1.29 is 18.6 Å². The minimum absolute atomic E-state index is 0.0471. The Morgan fingerprint density at radius 1 is 1.00 bits per heavy atom. The van der Waals surface area contributed by atoms with Gasteiger partial charge < -0.3 is 18.6 Å². The number of benzene rings is 2. The van der Waals surface area contributed by atoms with Crippen LogP contribution in [0.2, 0.25) is 0 Å². The van der Waals surface area contributed by atoms with Gasteiger partial charge in [-0.1, -0.05) is 12.1 Å². The van der Waals surface area contributed by atoms with Gasteiger partial charge in [-0.15, -0.1) is 0 Å². The molecular formula is C24H24N2O4. The summed E-state index contributed by atoms with van der Waals surface area (Å²) < 4.78 is 23.6. The minimum Gasteiger partial charge on any atom is -0.494 e. The molecule has 0 spiro atoms. The van der Waals surface area contributed by atoms with Gasteiger partial charge in [0.2, 0.25) is 6.23 Å². The predicted molar refractivity (Wildman–Crippen MR) is 113 cm³/mol. The van der Waals surface area contributed by atoms with E-state index in [1.807, 2.05) is 67.4 Å². The van der Waals surface area contributed by atoms with Crippen LogP contribution in [0.5, 0.6) is 17.2 Å². The number of rotatable bonds is 6. The average Bonchev–Trinajstić information content (AvgIpc) is 3.45. The molecule has 0 bridgehead atoms. The van der Waals surface area contributed by atoms with Gasteiger partial charge in [0, 0.05) is 17.5 Å². The van der Waals surface area contributed by atoms with Crippen molar-refractivity contribution in [3.05, 3.63) is 77.7 Å². The number of nitrogens with zero attached hydrogens (tertiary/aromatic N) is 2. The van der Waals surface area contributed by atoms with E-state index in [4.69, 9.17) is 23.7 Å². The summed E-state index contributed by atoms with van der Waals surface area (Å²) >= 11 is 0. The second kappa shape index (κ2) is 7.78. The number of fused-ring (bicyclic) bond motifs is 3. The van der Waals surface area contributed by atoms with Gasteiger partial charge >= 0.3 is 0 Å². The van der Waals surface area contributed by atoms with Crippen LogP contribution >= 0.6 is 0 Å². The summed E-state index contributed by atoms with van der Waals surface area (Å²) in [5.41, 5.74) is 3.00. The Labute approximate surface area is 175 Å². The third kappa shape index (κ3) is 3.18. The van der Waals surface area contributed by atoms with E-state index in [2.05, 4.69) is 6.07 Å². The topological polar surface area (TPSA) is 56.4 Å². The molecule has 0 aliphatic carbocycles. The Bertz CT molecular complexity index is 1040. The second-order valence-electron chi connectivity index (χ2n) is 7.20. The fourth-order valence-corrected chi connectivity index (χ4v) is 4.06. The lowest BCUT2D eigenvalue weighted by Gasteiger charge is -2.38. The first kappa shape index (κ1) is 18.6. The summed E-state index contributed by atoms with van der Waals surface area (Å²) in [4.78, 5) is 0. The molecule has 2 aliphatic rings. The molecule has 2 aliphatic heterocycles. The lowest BCUT2D eigenvalue weighted by Crippen LogP contribution is -2.33. The van der Waals surface area contributed by atoms with E-state index in [0.29, 0.717) is 13.2 Å². The van der Waals surface area contributed by atoms with Crippen LogP contribution in [-0.2, 0) is 0 Å². The summed E-state index contributed by atoms with van der Waals surface area (Å²) in [7, 11) is 0. The highest BCUT2D eigenvalue weighted by Gasteiger charge is 2.42. The van der Waals surface area contributed by atoms with Crippen molar-refractivity contribution in [1.29, 1.82) is 0 Å². The molecule has 0 saturated carbocycles. The Morgan fingerprint density at radius 3 is 2.57 bits per heavy atom. The molecule has 2 atom stereocenters. The zero-order valence-corrected chi connectivity index (χ0v) is 17.1. The maximum atomic E-state index is 6.50. The number of furan rings is 1. The van der Waals surface area contributed by atoms with Gasteiger partial charge in [-0.2, -0.15) is 5.10 Å². The molecule has 0 unspecified atom stereocenters. The minimum atomic E-state index is -0.368. The quantitative estimate of drug-likeness (QED) is 0.557. The Balaban J connectivity index is 1.57. The van der Waals surface area contributed by atoms with Crippen LogP contribution < -0.4 is 14.2 Å². The summed E-state index contributed by atoms with van der Waals surface area (Å²) in [6.07, 6.45) is 2.05. The number of ether oxygens (including phenoxy) is 3. The van der Waals surface area contributed by atoms with Crippen LogP contribution in [0.1, 0.15) is 49.4 Å². The van der Waals surface area contributed by atoms with Crippen LogP contribution in [0, 0.1) is 0 Å². The smallest absolute Gasteiger partial charge is 0.214 e. The maximum Gasteiger partial charge on any atom is 0.214 e. The molecule has 154 valence electrons. The van der Waals surface area contributed by atoms with Crippen LogP contribution in [0.15, 0.2) is 70.4 Å². The maximum absolute atomic E-state index is 6.50. The molecule has 1 aromatic heterocycles. The van der Waals surface area contributed by atoms with Gasteiger partial charge in [-0.05, 0) is 56.3 Å².